The van der Waals surface area contributed by atoms with Gasteiger partial charge in [0.1, 0.15) is 11.7 Å². The van der Waals surface area contributed by atoms with E-state index < -0.39 is 18.0 Å². The fourth-order valence-corrected chi connectivity index (χ4v) is 3.46. The quantitative estimate of drug-likeness (QED) is 0.646. The summed E-state index contributed by atoms with van der Waals surface area (Å²) >= 11 is 0. The van der Waals surface area contributed by atoms with E-state index in [0.717, 1.165) is 25.7 Å². The summed E-state index contributed by atoms with van der Waals surface area (Å²) in [5, 5.41) is 4.20. The minimum atomic E-state index is -0.556. The van der Waals surface area contributed by atoms with E-state index >= 15 is 0 Å². The molecule has 8 nitrogen and oxygen atoms in total. The van der Waals surface area contributed by atoms with E-state index in [9.17, 15) is 4.79 Å². The van der Waals surface area contributed by atoms with Gasteiger partial charge in [0.15, 0.2) is 6.29 Å². The summed E-state index contributed by atoms with van der Waals surface area (Å²) in [7, 11) is 0. The Labute approximate surface area is 166 Å². The summed E-state index contributed by atoms with van der Waals surface area (Å²) in [6.45, 7) is 12.6. The highest BCUT2D eigenvalue weighted by atomic mass is 16.7. The van der Waals surface area contributed by atoms with E-state index in [-0.39, 0.29) is 17.6 Å². The average molecular weight is 396 g/mol. The number of carbonyl (C=O) groups excluding carboxylic acids is 1. The van der Waals surface area contributed by atoms with Crippen molar-refractivity contribution in [3.63, 3.8) is 0 Å². The molecular weight excluding hydrogens is 362 g/mol. The SMILES string of the molecule is CCOC(C)OC(c1noc(C2(C)CC2)n1)[C@@H]1CCCN1C(=O)OC(C)(C)C. The molecule has 1 amide bonds. The summed E-state index contributed by atoms with van der Waals surface area (Å²) in [4.78, 5) is 19.1. The fraction of sp³-hybridized carbons (Fsp3) is 0.850. The Morgan fingerprint density at radius 3 is 2.71 bits per heavy atom. The van der Waals surface area contributed by atoms with Gasteiger partial charge in [-0.05, 0) is 60.3 Å². The number of nitrogens with zero attached hydrogens (tertiary/aromatic N) is 3. The second-order valence-electron chi connectivity index (χ2n) is 8.98. The van der Waals surface area contributed by atoms with Crippen LogP contribution in [-0.2, 0) is 19.6 Å². The molecule has 3 atom stereocenters. The Kier molecular flexibility index (Phi) is 6.00. The monoisotopic (exact) mass is 395 g/mol. The lowest BCUT2D eigenvalue weighted by Gasteiger charge is -2.33. The molecule has 0 bridgehead atoms. The molecule has 0 aromatic carbocycles. The molecule has 2 heterocycles. The molecule has 1 aliphatic carbocycles. The largest absolute Gasteiger partial charge is 0.444 e. The van der Waals surface area contributed by atoms with Gasteiger partial charge in [0, 0.05) is 18.6 Å². The highest BCUT2D eigenvalue weighted by Crippen LogP contribution is 2.47. The van der Waals surface area contributed by atoms with Gasteiger partial charge in [-0.25, -0.2) is 4.79 Å². The third-order valence-electron chi connectivity index (χ3n) is 5.23. The van der Waals surface area contributed by atoms with E-state index in [1.54, 1.807) is 4.90 Å². The highest BCUT2D eigenvalue weighted by molar-refractivity contribution is 5.69. The summed E-state index contributed by atoms with van der Waals surface area (Å²) in [6, 6.07) is -0.227. The molecule has 2 unspecified atom stereocenters. The van der Waals surface area contributed by atoms with Crippen molar-refractivity contribution in [1.29, 1.82) is 0 Å². The third-order valence-corrected chi connectivity index (χ3v) is 5.23. The first-order valence-electron chi connectivity index (χ1n) is 10.2. The Morgan fingerprint density at radius 2 is 2.11 bits per heavy atom. The maximum atomic E-state index is 12.7. The molecule has 1 saturated heterocycles. The fourth-order valence-electron chi connectivity index (χ4n) is 3.46. The van der Waals surface area contributed by atoms with E-state index in [1.807, 2.05) is 34.6 Å². The molecule has 158 valence electrons. The normalized spacial score (nSPS) is 23.5. The average Bonchev–Trinajstić information content (AvgIpc) is 3.05. The lowest BCUT2D eigenvalue weighted by atomic mass is 10.1. The summed E-state index contributed by atoms with van der Waals surface area (Å²) in [6.07, 6.45) is 2.42. The van der Waals surface area contributed by atoms with Crippen LogP contribution in [0.25, 0.3) is 0 Å². The number of aromatic nitrogens is 2. The molecule has 28 heavy (non-hydrogen) atoms. The molecule has 0 radical (unpaired) electrons. The maximum absolute atomic E-state index is 12.7. The van der Waals surface area contributed by atoms with Gasteiger partial charge in [0.05, 0.1) is 6.04 Å². The zero-order valence-electron chi connectivity index (χ0n) is 17.9. The second-order valence-corrected chi connectivity index (χ2v) is 8.98. The highest BCUT2D eigenvalue weighted by Gasteiger charge is 2.46. The number of hydrogen-bond donors (Lipinski definition) is 0. The van der Waals surface area contributed by atoms with Crippen LogP contribution in [0.3, 0.4) is 0 Å². The van der Waals surface area contributed by atoms with E-state index in [4.69, 9.17) is 18.7 Å². The van der Waals surface area contributed by atoms with Crippen LogP contribution < -0.4 is 0 Å². The van der Waals surface area contributed by atoms with Gasteiger partial charge >= 0.3 is 6.09 Å². The van der Waals surface area contributed by atoms with Crippen LogP contribution in [0.15, 0.2) is 4.52 Å². The number of likely N-dealkylation sites (tertiary alicyclic amines) is 1. The lowest BCUT2D eigenvalue weighted by Crippen LogP contribution is -2.44. The van der Waals surface area contributed by atoms with Crippen molar-refractivity contribution < 1.29 is 23.5 Å². The molecule has 1 aromatic heterocycles. The number of amides is 1. The molecule has 1 saturated carbocycles. The van der Waals surface area contributed by atoms with Gasteiger partial charge in [-0.15, -0.1) is 0 Å². The standard InChI is InChI=1S/C20H33N3O5/c1-7-25-13(2)26-15(16-21-17(28-22-16)20(6)10-11-20)14-9-8-12-23(14)18(24)27-19(3,4)5/h13-15H,7-12H2,1-6H3/t13?,14-,15?/m0/s1. The molecule has 2 fully saturated rings. The molecule has 3 rings (SSSR count). The summed E-state index contributed by atoms with van der Waals surface area (Å²) in [5.41, 5.74) is -0.582. The van der Waals surface area contributed by atoms with Crippen molar-refractivity contribution in [2.24, 2.45) is 0 Å². The first-order chi connectivity index (χ1) is 13.1. The molecule has 0 spiro atoms. The Morgan fingerprint density at radius 1 is 1.39 bits per heavy atom. The predicted molar refractivity (Wildman–Crippen MR) is 102 cm³/mol. The molecule has 2 aliphatic rings. The zero-order valence-corrected chi connectivity index (χ0v) is 17.9. The summed E-state index contributed by atoms with van der Waals surface area (Å²) < 4.78 is 22.9. The number of rotatable bonds is 7. The first-order valence-corrected chi connectivity index (χ1v) is 10.2. The molecule has 0 N–H and O–H groups in total. The van der Waals surface area contributed by atoms with Crippen LogP contribution in [0, 0.1) is 0 Å². The van der Waals surface area contributed by atoms with Crippen molar-refractivity contribution in [2.45, 2.75) is 96.7 Å². The van der Waals surface area contributed by atoms with Gasteiger partial charge < -0.3 is 23.6 Å². The van der Waals surface area contributed by atoms with Gasteiger partial charge in [0.25, 0.3) is 0 Å². The Bertz CT molecular complexity index is 680. The van der Waals surface area contributed by atoms with Crippen LogP contribution in [0.2, 0.25) is 0 Å². The lowest BCUT2D eigenvalue weighted by molar-refractivity contribution is -0.174. The van der Waals surface area contributed by atoms with E-state index in [0.29, 0.717) is 24.9 Å². The van der Waals surface area contributed by atoms with Crippen molar-refractivity contribution in [3.8, 4) is 0 Å². The van der Waals surface area contributed by atoms with Gasteiger partial charge in [-0.2, -0.15) is 4.98 Å². The molecule has 1 aliphatic heterocycles. The van der Waals surface area contributed by atoms with Crippen LogP contribution in [-0.4, -0.2) is 52.2 Å². The maximum Gasteiger partial charge on any atom is 0.410 e. The zero-order chi connectivity index (χ0) is 20.5. The number of hydrogen-bond acceptors (Lipinski definition) is 7. The van der Waals surface area contributed by atoms with Crippen molar-refractivity contribution in [2.75, 3.05) is 13.2 Å². The first kappa shape index (κ1) is 21.0. The van der Waals surface area contributed by atoms with Crippen LogP contribution in [0.1, 0.15) is 85.0 Å². The second kappa shape index (κ2) is 7.99. The smallest absolute Gasteiger partial charge is 0.410 e. The van der Waals surface area contributed by atoms with Gasteiger partial charge in [0.2, 0.25) is 11.7 Å². The van der Waals surface area contributed by atoms with Crippen molar-refractivity contribution >= 4 is 6.09 Å². The Hall–Kier alpha value is -1.67. The topological polar surface area (TPSA) is 86.9 Å². The minimum Gasteiger partial charge on any atom is -0.444 e. The number of carbonyl (C=O) groups is 1. The third kappa shape index (κ3) is 4.84. The van der Waals surface area contributed by atoms with E-state index in [1.165, 1.54) is 0 Å². The number of ether oxygens (including phenoxy) is 3. The summed E-state index contributed by atoms with van der Waals surface area (Å²) in [5.74, 6) is 1.11. The Balaban J connectivity index is 1.83. The van der Waals surface area contributed by atoms with Gasteiger partial charge in [-0.1, -0.05) is 12.1 Å². The predicted octanol–water partition coefficient (Wildman–Crippen LogP) is 3.96. The van der Waals surface area contributed by atoms with Crippen molar-refractivity contribution in [1.82, 2.24) is 15.0 Å². The van der Waals surface area contributed by atoms with Crippen LogP contribution in [0.5, 0.6) is 0 Å². The minimum absolute atomic E-state index is 0.0259. The molecule has 1 aromatic rings. The van der Waals surface area contributed by atoms with Crippen LogP contribution in [0.4, 0.5) is 4.79 Å². The van der Waals surface area contributed by atoms with E-state index in [2.05, 4.69) is 17.1 Å². The van der Waals surface area contributed by atoms with Crippen LogP contribution >= 0.6 is 0 Å². The van der Waals surface area contributed by atoms with Gasteiger partial charge in [-0.3, -0.25) is 0 Å². The molecule has 8 heteroatoms. The molecular formula is C20H33N3O5. The van der Waals surface area contributed by atoms with Crippen molar-refractivity contribution in [3.05, 3.63) is 11.7 Å².